The molecule has 0 aromatic heterocycles. The van der Waals surface area contributed by atoms with Crippen molar-refractivity contribution in [2.45, 2.75) is 51.9 Å². The molecular weight excluding hydrogens is 216 g/mol. The number of benzene rings is 1. The third-order valence-electron chi connectivity index (χ3n) is 3.76. The largest absolute Gasteiger partial charge is 0.121 e. The molecular formula is C18H24. The average Bonchev–Trinajstić information content (AvgIpc) is 2.68. The van der Waals surface area contributed by atoms with Crippen LogP contribution in [-0.2, 0) is 0 Å². The molecule has 0 aliphatic heterocycles. The van der Waals surface area contributed by atoms with Gasteiger partial charge in [-0.2, -0.15) is 0 Å². The fraction of sp³-hybridized carbons (Fsp3) is 0.500. The highest BCUT2D eigenvalue weighted by molar-refractivity contribution is 5.48. The smallest absolute Gasteiger partial charge is 0.0720 e. The fourth-order valence-corrected chi connectivity index (χ4v) is 2.75. The van der Waals surface area contributed by atoms with E-state index in [4.69, 9.17) is 1.37 Å². The van der Waals surface area contributed by atoms with Gasteiger partial charge in [-0.3, -0.25) is 0 Å². The van der Waals surface area contributed by atoms with Crippen LogP contribution in [0.15, 0.2) is 41.6 Å². The van der Waals surface area contributed by atoms with Crippen LogP contribution in [0.3, 0.4) is 0 Å². The summed E-state index contributed by atoms with van der Waals surface area (Å²) in [6.07, 6.45) is 9.42. The molecule has 0 spiro atoms. The minimum atomic E-state index is 0.520. The summed E-state index contributed by atoms with van der Waals surface area (Å²) >= 11 is 0. The summed E-state index contributed by atoms with van der Waals surface area (Å²) in [6.45, 7) is 2.13. The zero-order valence-corrected chi connectivity index (χ0v) is 11.4. The van der Waals surface area contributed by atoms with Crippen LogP contribution in [0.1, 0.15) is 58.8 Å². The van der Waals surface area contributed by atoms with Crippen molar-refractivity contribution in [1.29, 1.82) is 0 Å². The Bertz CT molecular complexity index is 444. The summed E-state index contributed by atoms with van der Waals surface area (Å²) in [4.78, 5) is 0. The van der Waals surface area contributed by atoms with Gasteiger partial charge in [-0.15, -0.1) is 5.73 Å². The first kappa shape index (κ1) is 11.8. The highest BCUT2D eigenvalue weighted by Gasteiger charge is 2.12. The lowest BCUT2D eigenvalue weighted by atomic mass is 9.93. The number of hydrogen-bond acceptors (Lipinski definition) is 0. The van der Waals surface area contributed by atoms with E-state index in [1.165, 1.54) is 44.1 Å². The molecule has 1 saturated carbocycles. The van der Waals surface area contributed by atoms with E-state index in [9.17, 15) is 0 Å². The molecule has 0 radical (unpaired) electrons. The first-order valence-electron chi connectivity index (χ1n) is 7.74. The highest BCUT2D eigenvalue weighted by atomic mass is 14.2. The summed E-state index contributed by atoms with van der Waals surface area (Å²) < 4.78 is 8.09. The van der Waals surface area contributed by atoms with E-state index in [1.807, 2.05) is 30.3 Å². The molecule has 0 nitrogen and oxygen atoms in total. The summed E-state index contributed by atoms with van der Waals surface area (Å²) in [7, 11) is 0. The molecule has 1 aromatic carbocycles. The third-order valence-corrected chi connectivity index (χ3v) is 3.76. The molecule has 1 aliphatic carbocycles. The number of allylic oxidation sites excluding steroid dienone is 1. The van der Waals surface area contributed by atoms with E-state index >= 15 is 0 Å². The molecule has 0 heteroatoms. The molecule has 0 bridgehead atoms. The lowest BCUT2D eigenvalue weighted by Crippen LogP contribution is -1.98. The first-order valence-corrected chi connectivity index (χ1v) is 7.24. The van der Waals surface area contributed by atoms with Crippen LogP contribution in [0, 0.1) is 5.92 Å². The maximum absolute atomic E-state index is 8.09. The van der Waals surface area contributed by atoms with E-state index in [2.05, 4.69) is 12.7 Å². The molecule has 0 atom stereocenters. The highest BCUT2D eigenvalue weighted by Crippen LogP contribution is 2.27. The maximum Gasteiger partial charge on any atom is 0.0720 e. The van der Waals surface area contributed by atoms with Crippen molar-refractivity contribution in [2.24, 2.45) is 5.92 Å². The molecule has 0 N–H and O–H groups in total. The Hall–Kier alpha value is -1.26. The molecule has 18 heavy (non-hydrogen) atoms. The molecule has 96 valence electrons. The van der Waals surface area contributed by atoms with E-state index in [0.717, 1.165) is 17.9 Å². The second-order valence-corrected chi connectivity index (χ2v) is 5.46. The quantitative estimate of drug-likeness (QED) is 0.477. The number of rotatable bonds is 3. The second-order valence-electron chi connectivity index (χ2n) is 5.46. The lowest BCUT2D eigenvalue weighted by molar-refractivity contribution is 0.457. The van der Waals surface area contributed by atoms with Crippen molar-refractivity contribution in [2.75, 3.05) is 0 Å². The normalized spacial score (nSPS) is 17.5. The average molecular weight is 241 g/mol. The van der Waals surface area contributed by atoms with Gasteiger partial charge in [0.2, 0.25) is 0 Å². The van der Waals surface area contributed by atoms with E-state index < -0.39 is 0 Å². The SMILES string of the molecule is [2H]C(=C=C(C)CC1CCCCCC1)c1ccccc1. The standard InChI is InChI=1S/C18H24/c1-16(13-14-17-9-7-4-8-10-17)15-18-11-5-2-3-6-12-18/h4,7-10,14,18H,2-3,5-6,11-12,15H2,1H3/i14D. The van der Waals surface area contributed by atoms with Gasteiger partial charge in [0.1, 0.15) is 0 Å². The van der Waals surface area contributed by atoms with Gasteiger partial charge in [0.15, 0.2) is 0 Å². The van der Waals surface area contributed by atoms with Crippen molar-refractivity contribution in [3.63, 3.8) is 0 Å². The van der Waals surface area contributed by atoms with Gasteiger partial charge in [-0.05, 0) is 36.5 Å². The van der Waals surface area contributed by atoms with Crippen molar-refractivity contribution in [3.05, 3.63) is 47.2 Å². The molecule has 1 aliphatic rings. The Labute approximate surface area is 113 Å². The van der Waals surface area contributed by atoms with E-state index in [-0.39, 0.29) is 0 Å². The van der Waals surface area contributed by atoms with Crippen molar-refractivity contribution in [1.82, 2.24) is 0 Å². The predicted molar refractivity (Wildman–Crippen MR) is 79.4 cm³/mol. The fourth-order valence-electron chi connectivity index (χ4n) is 2.75. The van der Waals surface area contributed by atoms with E-state index in [1.54, 1.807) is 0 Å². The minimum absolute atomic E-state index is 0.520. The van der Waals surface area contributed by atoms with Crippen LogP contribution in [0.5, 0.6) is 0 Å². The van der Waals surface area contributed by atoms with Gasteiger partial charge < -0.3 is 0 Å². The van der Waals surface area contributed by atoms with Crippen LogP contribution in [0.4, 0.5) is 0 Å². The predicted octanol–water partition coefficient (Wildman–Crippen LogP) is 5.61. The molecule has 0 saturated heterocycles. The van der Waals surface area contributed by atoms with Gasteiger partial charge in [-0.25, -0.2) is 0 Å². The Morgan fingerprint density at radius 1 is 1.22 bits per heavy atom. The summed E-state index contributed by atoms with van der Waals surface area (Å²) in [5.74, 6) is 0.818. The van der Waals surface area contributed by atoms with Crippen LogP contribution in [-0.4, -0.2) is 0 Å². The topological polar surface area (TPSA) is 0 Å². The van der Waals surface area contributed by atoms with Crippen LogP contribution >= 0.6 is 0 Å². The molecule has 0 unspecified atom stereocenters. The Morgan fingerprint density at radius 3 is 2.56 bits per heavy atom. The molecule has 2 rings (SSSR count). The van der Waals surface area contributed by atoms with Crippen molar-refractivity contribution in [3.8, 4) is 0 Å². The summed E-state index contributed by atoms with van der Waals surface area (Å²) in [6, 6.07) is 10.4. The zero-order chi connectivity index (χ0) is 13.5. The zero-order valence-electron chi connectivity index (χ0n) is 12.4. The molecule has 0 amide bonds. The van der Waals surface area contributed by atoms with E-state index in [0.29, 0.717) is 6.05 Å². The molecule has 1 fully saturated rings. The first-order chi connectivity index (χ1) is 9.25. The summed E-state index contributed by atoms with van der Waals surface area (Å²) in [5, 5.41) is 0. The maximum atomic E-state index is 8.09. The Balaban J connectivity index is 2.05. The Kier molecular flexibility index (Phi) is 4.75. The monoisotopic (exact) mass is 241 g/mol. The van der Waals surface area contributed by atoms with Crippen LogP contribution in [0.2, 0.25) is 0 Å². The van der Waals surface area contributed by atoms with Crippen molar-refractivity contribution < 1.29 is 1.37 Å². The van der Waals surface area contributed by atoms with Gasteiger partial charge in [0.25, 0.3) is 0 Å². The summed E-state index contributed by atoms with van der Waals surface area (Å²) in [5.41, 5.74) is 5.46. The van der Waals surface area contributed by atoms with Crippen LogP contribution < -0.4 is 0 Å². The Morgan fingerprint density at radius 2 is 1.89 bits per heavy atom. The van der Waals surface area contributed by atoms with Gasteiger partial charge >= 0.3 is 0 Å². The van der Waals surface area contributed by atoms with Gasteiger partial charge in [0, 0.05) is 0 Å². The number of hydrogen-bond donors (Lipinski definition) is 0. The second kappa shape index (κ2) is 7.24. The lowest BCUT2D eigenvalue weighted by Gasteiger charge is -2.12. The molecule has 0 heterocycles. The van der Waals surface area contributed by atoms with Gasteiger partial charge in [-0.1, -0.05) is 68.9 Å². The van der Waals surface area contributed by atoms with Crippen molar-refractivity contribution >= 4 is 6.05 Å². The minimum Gasteiger partial charge on any atom is -0.121 e. The van der Waals surface area contributed by atoms with Crippen LogP contribution in [0.25, 0.3) is 6.05 Å². The molecule has 1 aromatic rings. The van der Waals surface area contributed by atoms with Gasteiger partial charge in [0.05, 0.1) is 1.37 Å². The third kappa shape index (κ3) is 4.55.